The molecular formula is C20H22BrNO5. The number of nitrogens with one attached hydrogen (secondary N) is 1. The highest BCUT2D eigenvalue weighted by atomic mass is 79.9. The maximum absolute atomic E-state index is 12.7. The van der Waals surface area contributed by atoms with Gasteiger partial charge in [-0.3, -0.25) is 4.79 Å². The van der Waals surface area contributed by atoms with Crippen LogP contribution >= 0.6 is 15.9 Å². The normalized spacial score (nSPS) is 13.6. The van der Waals surface area contributed by atoms with E-state index in [0.29, 0.717) is 48.4 Å². The molecule has 2 aromatic carbocycles. The second kappa shape index (κ2) is 8.52. The molecule has 0 radical (unpaired) electrons. The first kappa shape index (κ1) is 19.4. The summed E-state index contributed by atoms with van der Waals surface area (Å²) in [7, 11) is 1.57. The third kappa shape index (κ3) is 4.30. The van der Waals surface area contributed by atoms with Gasteiger partial charge in [-0.2, -0.15) is 0 Å². The third-order valence-electron chi connectivity index (χ3n) is 4.20. The molecule has 0 fully saturated rings. The molecule has 0 saturated heterocycles. The maximum Gasteiger partial charge on any atom is 0.251 e. The van der Waals surface area contributed by atoms with Crippen molar-refractivity contribution >= 4 is 21.8 Å². The minimum atomic E-state index is -0.236. The summed E-state index contributed by atoms with van der Waals surface area (Å²) in [6.45, 7) is 5.34. The first-order valence-corrected chi connectivity index (χ1v) is 9.53. The lowest BCUT2D eigenvalue weighted by Gasteiger charge is -2.22. The van der Waals surface area contributed by atoms with Crippen molar-refractivity contribution in [2.45, 2.75) is 19.9 Å². The summed E-state index contributed by atoms with van der Waals surface area (Å²) < 4.78 is 22.9. The number of fused-ring (bicyclic) bond motifs is 1. The number of halogens is 1. The van der Waals surface area contributed by atoms with Crippen LogP contribution in [0.3, 0.4) is 0 Å². The highest BCUT2D eigenvalue weighted by molar-refractivity contribution is 9.10. The van der Waals surface area contributed by atoms with E-state index in [0.717, 1.165) is 10.0 Å². The van der Waals surface area contributed by atoms with Gasteiger partial charge in [-0.25, -0.2) is 0 Å². The number of hydrogen-bond donors (Lipinski definition) is 1. The Morgan fingerprint density at radius 1 is 1.19 bits per heavy atom. The summed E-state index contributed by atoms with van der Waals surface area (Å²) in [6, 6.07) is 8.65. The number of hydrogen-bond acceptors (Lipinski definition) is 5. The van der Waals surface area contributed by atoms with Crippen LogP contribution < -0.4 is 24.3 Å². The van der Waals surface area contributed by atoms with Gasteiger partial charge in [0.15, 0.2) is 23.0 Å². The predicted octanol–water partition coefficient (Wildman–Crippen LogP) is 4.12. The van der Waals surface area contributed by atoms with Crippen LogP contribution in [0.5, 0.6) is 23.0 Å². The fourth-order valence-corrected chi connectivity index (χ4v) is 3.52. The van der Waals surface area contributed by atoms with Crippen molar-refractivity contribution in [3.63, 3.8) is 0 Å². The van der Waals surface area contributed by atoms with Crippen LogP contribution in [0.2, 0.25) is 0 Å². The SMILES string of the molecule is CCOc1cc(C(=O)NC(C)c2cc3c(cc2Br)OCCO3)ccc1OC. The van der Waals surface area contributed by atoms with Crippen molar-refractivity contribution in [2.75, 3.05) is 26.9 Å². The molecular weight excluding hydrogens is 414 g/mol. The quantitative estimate of drug-likeness (QED) is 0.738. The number of carbonyl (C=O) groups is 1. The highest BCUT2D eigenvalue weighted by Gasteiger charge is 2.20. The first-order valence-electron chi connectivity index (χ1n) is 8.74. The highest BCUT2D eigenvalue weighted by Crippen LogP contribution is 2.38. The molecule has 1 amide bonds. The molecule has 0 aromatic heterocycles. The van der Waals surface area contributed by atoms with Gasteiger partial charge >= 0.3 is 0 Å². The van der Waals surface area contributed by atoms with E-state index in [-0.39, 0.29) is 11.9 Å². The van der Waals surface area contributed by atoms with E-state index in [1.165, 1.54) is 0 Å². The fourth-order valence-electron chi connectivity index (χ4n) is 2.86. The third-order valence-corrected chi connectivity index (χ3v) is 4.89. The molecule has 0 saturated carbocycles. The van der Waals surface area contributed by atoms with Crippen LogP contribution in [0.1, 0.15) is 35.8 Å². The van der Waals surface area contributed by atoms with Gasteiger partial charge in [0.1, 0.15) is 13.2 Å². The average molecular weight is 436 g/mol. The fraction of sp³-hybridized carbons (Fsp3) is 0.350. The van der Waals surface area contributed by atoms with E-state index in [9.17, 15) is 4.79 Å². The molecule has 144 valence electrons. The van der Waals surface area contributed by atoms with E-state index < -0.39 is 0 Å². The lowest BCUT2D eigenvalue weighted by atomic mass is 10.1. The maximum atomic E-state index is 12.7. The molecule has 0 aliphatic carbocycles. The second-order valence-corrected chi connectivity index (χ2v) is 6.87. The molecule has 1 N–H and O–H groups in total. The second-order valence-electron chi connectivity index (χ2n) is 6.01. The largest absolute Gasteiger partial charge is 0.493 e. The monoisotopic (exact) mass is 435 g/mol. The Morgan fingerprint density at radius 2 is 1.89 bits per heavy atom. The van der Waals surface area contributed by atoms with Crippen LogP contribution in [0.4, 0.5) is 0 Å². The molecule has 0 spiro atoms. The first-order chi connectivity index (χ1) is 13.0. The van der Waals surface area contributed by atoms with Gasteiger partial charge in [0.25, 0.3) is 5.91 Å². The predicted molar refractivity (Wildman–Crippen MR) is 105 cm³/mol. The van der Waals surface area contributed by atoms with Gasteiger partial charge in [0.2, 0.25) is 0 Å². The molecule has 1 unspecified atom stereocenters. The Labute approximate surface area is 166 Å². The number of amides is 1. The van der Waals surface area contributed by atoms with Crippen molar-refractivity contribution in [3.05, 3.63) is 45.9 Å². The molecule has 1 atom stereocenters. The lowest BCUT2D eigenvalue weighted by molar-refractivity contribution is 0.0939. The van der Waals surface area contributed by atoms with E-state index in [1.807, 2.05) is 26.0 Å². The summed E-state index contributed by atoms with van der Waals surface area (Å²) in [5, 5.41) is 3.01. The van der Waals surface area contributed by atoms with Gasteiger partial charge in [-0.15, -0.1) is 0 Å². The van der Waals surface area contributed by atoms with Crippen LogP contribution in [-0.2, 0) is 0 Å². The number of methoxy groups -OCH3 is 1. The number of ether oxygens (including phenoxy) is 4. The topological polar surface area (TPSA) is 66.0 Å². The molecule has 1 heterocycles. The van der Waals surface area contributed by atoms with Crippen LogP contribution in [0.15, 0.2) is 34.8 Å². The number of rotatable bonds is 6. The molecule has 0 bridgehead atoms. The summed E-state index contributed by atoms with van der Waals surface area (Å²) in [5.74, 6) is 2.32. The number of benzene rings is 2. The van der Waals surface area contributed by atoms with Gasteiger partial charge in [0, 0.05) is 10.0 Å². The Bertz CT molecular complexity index is 839. The Hall–Kier alpha value is -2.41. The summed E-state index contributed by atoms with van der Waals surface area (Å²) in [6.07, 6.45) is 0. The zero-order valence-electron chi connectivity index (χ0n) is 15.5. The standard InChI is InChI=1S/C20H22BrNO5/c1-4-25-17-9-13(5-6-16(17)24-3)20(23)22-12(2)14-10-18-19(11-15(14)21)27-8-7-26-18/h5-6,9-12H,4,7-8H2,1-3H3,(H,22,23). The van der Waals surface area contributed by atoms with Gasteiger partial charge in [-0.1, -0.05) is 15.9 Å². The van der Waals surface area contributed by atoms with E-state index in [2.05, 4.69) is 21.2 Å². The summed E-state index contributed by atoms with van der Waals surface area (Å²) >= 11 is 3.55. The minimum absolute atomic E-state index is 0.201. The zero-order chi connectivity index (χ0) is 19.4. The van der Waals surface area contributed by atoms with Crippen molar-refractivity contribution in [1.29, 1.82) is 0 Å². The van der Waals surface area contributed by atoms with Crippen molar-refractivity contribution in [1.82, 2.24) is 5.32 Å². The van der Waals surface area contributed by atoms with Crippen molar-refractivity contribution in [2.24, 2.45) is 0 Å². The minimum Gasteiger partial charge on any atom is -0.493 e. The summed E-state index contributed by atoms with van der Waals surface area (Å²) in [5.41, 5.74) is 1.41. The van der Waals surface area contributed by atoms with Crippen LogP contribution in [-0.4, -0.2) is 32.8 Å². The zero-order valence-corrected chi connectivity index (χ0v) is 17.1. The summed E-state index contributed by atoms with van der Waals surface area (Å²) in [4.78, 5) is 12.7. The lowest BCUT2D eigenvalue weighted by Crippen LogP contribution is -2.27. The van der Waals surface area contributed by atoms with E-state index in [1.54, 1.807) is 25.3 Å². The van der Waals surface area contributed by atoms with Gasteiger partial charge in [0.05, 0.1) is 19.8 Å². The van der Waals surface area contributed by atoms with Crippen LogP contribution in [0.25, 0.3) is 0 Å². The van der Waals surface area contributed by atoms with Gasteiger partial charge < -0.3 is 24.3 Å². The molecule has 6 nitrogen and oxygen atoms in total. The van der Waals surface area contributed by atoms with Crippen molar-refractivity contribution < 1.29 is 23.7 Å². The molecule has 3 rings (SSSR count). The molecule has 2 aromatic rings. The number of carbonyl (C=O) groups excluding carboxylic acids is 1. The van der Waals surface area contributed by atoms with Crippen LogP contribution in [0, 0.1) is 0 Å². The molecule has 27 heavy (non-hydrogen) atoms. The molecule has 1 aliphatic heterocycles. The van der Waals surface area contributed by atoms with E-state index >= 15 is 0 Å². The van der Waals surface area contributed by atoms with Crippen molar-refractivity contribution in [3.8, 4) is 23.0 Å². The average Bonchev–Trinajstić information content (AvgIpc) is 2.67. The smallest absolute Gasteiger partial charge is 0.251 e. The van der Waals surface area contributed by atoms with E-state index in [4.69, 9.17) is 18.9 Å². The Kier molecular flexibility index (Phi) is 6.11. The Balaban J connectivity index is 1.79. The molecule has 7 heteroatoms. The molecule has 1 aliphatic rings. The van der Waals surface area contributed by atoms with Gasteiger partial charge in [-0.05, 0) is 49.7 Å². The Morgan fingerprint density at radius 3 is 2.56 bits per heavy atom.